The number of ether oxygens (including phenoxy) is 1. The largest absolute Gasteiger partial charge is 0.497 e. The predicted octanol–water partition coefficient (Wildman–Crippen LogP) is 3.17. The molecule has 1 unspecified atom stereocenters. The summed E-state index contributed by atoms with van der Waals surface area (Å²) in [4.78, 5) is 42.4. The monoisotopic (exact) mass is 476 g/mol. The molecule has 3 amide bonds. The van der Waals surface area contributed by atoms with E-state index in [1.54, 1.807) is 50.1 Å². The third kappa shape index (κ3) is 4.30. The number of hydrogen-bond donors (Lipinski definition) is 2. The topological polar surface area (TPSA) is 116 Å². The van der Waals surface area contributed by atoms with Gasteiger partial charge in [-0.3, -0.25) is 19.5 Å². The van der Waals surface area contributed by atoms with Crippen LogP contribution in [0.15, 0.2) is 38.4 Å². The number of aromatic nitrogens is 2. The molecule has 3 aromatic rings. The molecule has 1 atom stereocenters. The molecule has 8 nitrogen and oxygen atoms in total. The van der Waals surface area contributed by atoms with Gasteiger partial charge in [0.05, 0.1) is 27.6 Å². The third-order valence-electron chi connectivity index (χ3n) is 4.79. The van der Waals surface area contributed by atoms with Gasteiger partial charge in [-0.05, 0) is 55.3 Å². The molecule has 0 saturated heterocycles. The maximum atomic E-state index is 13.7. The van der Waals surface area contributed by atoms with Crippen molar-refractivity contribution < 1.29 is 14.3 Å². The van der Waals surface area contributed by atoms with Gasteiger partial charge in [-0.1, -0.05) is 11.8 Å². The average Bonchev–Trinajstić information content (AvgIpc) is 3.12. The molecular formula is C20H20N4O4S3. The Morgan fingerprint density at radius 3 is 2.74 bits per heavy atom. The van der Waals surface area contributed by atoms with Gasteiger partial charge >= 0.3 is 6.03 Å². The standard InChI is InChI=1S/C20H20N4O4S3/c1-10(15(25)22-19(21)27)30-20-23-16-14(13-4-3-9-29-18(13)31-16)17(26)24(20)11-5-7-12(28-2)8-6-11/h5-8,10H,3-4,9H2,1-2H3,(H3,21,22,25,27). The van der Waals surface area contributed by atoms with Crippen molar-refractivity contribution in [2.45, 2.75) is 34.4 Å². The Kier molecular flexibility index (Phi) is 6.26. The summed E-state index contributed by atoms with van der Waals surface area (Å²) >= 11 is 4.37. The lowest BCUT2D eigenvalue weighted by Crippen LogP contribution is -2.39. The maximum Gasteiger partial charge on any atom is 0.318 e. The Balaban J connectivity index is 1.87. The Morgan fingerprint density at radius 1 is 1.32 bits per heavy atom. The molecule has 4 rings (SSSR count). The van der Waals surface area contributed by atoms with Crippen LogP contribution in [0.4, 0.5) is 4.79 Å². The molecule has 2 aromatic heterocycles. The van der Waals surface area contributed by atoms with Crippen molar-refractivity contribution >= 4 is 57.0 Å². The number of nitrogens with zero attached hydrogens (tertiary/aromatic N) is 2. The molecule has 1 aliphatic rings. The quantitative estimate of drug-likeness (QED) is 0.429. The van der Waals surface area contributed by atoms with E-state index in [9.17, 15) is 14.4 Å². The van der Waals surface area contributed by atoms with E-state index in [1.165, 1.54) is 15.9 Å². The number of hydrogen-bond acceptors (Lipinski definition) is 8. The van der Waals surface area contributed by atoms with Crippen LogP contribution >= 0.6 is 34.9 Å². The minimum absolute atomic E-state index is 0.167. The molecule has 3 N–H and O–H groups in total. The number of primary amides is 1. The van der Waals surface area contributed by atoms with E-state index in [4.69, 9.17) is 15.5 Å². The Hall–Kier alpha value is -2.50. The van der Waals surface area contributed by atoms with Gasteiger partial charge in [0.1, 0.15) is 10.6 Å². The fraction of sp³-hybridized carbons (Fsp3) is 0.300. The van der Waals surface area contributed by atoms with Crippen molar-refractivity contribution in [2.75, 3.05) is 12.9 Å². The second kappa shape index (κ2) is 8.93. The zero-order chi connectivity index (χ0) is 22.1. The molecule has 0 fully saturated rings. The van der Waals surface area contributed by atoms with Crippen molar-refractivity contribution in [3.05, 3.63) is 40.2 Å². The number of carbonyl (C=O) groups excluding carboxylic acids is 2. The van der Waals surface area contributed by atoms with Crippen molar-refractivity contribution in [3.8, 4) is 11.4 Å². The molecule has 11 heteroatoms. The van der Waals surface area contributed by atoms with Crippen molar-refractivity contribution in [3.63, 3.8) is 0 Å². The molecule has 0 aliphatic carbocycles. The highest BCUT2D eigenvalue weighted by molar-refractivity contribution is 8.01. The molecule has 31 heavy (non-hydrogen) atoms. The highest BCUT2D eigenvalue weighted by atomic mass is 32.2. The predicted molar refractivity (Wildman–Crippen MR) is 124 cm³/mol. The van der Waals surface area contributed by atoms with Crippen molar-refractivity contribution in [1.82, 2.24) is 14.9 Å². The molecule has 0 spiro atoms. The van der Waals surface area contributed by atoms with Crippen LogP contribution in [0.1, 0.15) is 18.9 Å². The second-order valence-corrected chi connectivity index (χ2v) is 10.5. The van der Waals surface area contributed by atoms with Crippen LogP contribution in [0, 0.1) is 0 Å². The van der Waals surface area contributed by atoms with E-state index in [0.717, 1.165) is 40.1 Å². The van der Waals surface area contributed by atoms with Crippen LogP contribution in [0.2, 0.25) is 0 Å². The summed E-state index contributed by atoms with van der Waals surface area (Å²) in [7, 11) is 1.57. The maximum absolute atomic E-state index is 13.7. The summed E-state index contributed by atoms with van der Waals surface area (Å²) in [5, 5.41) is 2.40. The molecule has 0 radical (unpaired) electrons. The van der Waals surface area contributed by atoms with Gasteiger partial charge in [0, 0.05) is 0 Å². The Labute approximate surface area is 190 Å². The first-order valence-corrected chi connectivity index (χ1v) is 12.2. The lowest BCUT2D eigenvalue weighted by Gasteiger charge is -2.16. The molecule has 1 aliphatic heterocycles. The minimum Gasteiger partial charge on any atom is -0.497 e. The average molecular weight is 477 g/mol. The summed E-state index contributed by atoms with van der Waals surface area (Å²) in [6.45, 7) is 1.63. The van der Waals surface area contributed by atoms with Crippen LogP contribution in [0.25, 0.3) is 15.9 Å². The third-order valence-corrected chi connectivity index (χ3v) is 8.37. The number of nitrogens with two attached hydrogens (primary N) is 1. The van der Waals surface area contributed by atoms with E-state index in [2.05, 4.69) is 5.32 Å². The van der Waals surface area contributed by atoms with Gasteiger partial charge in [0.15, 0.2) is 5.16 Å². The van der Waals surface area contributed by atoms with E-state index in [-0.39, 0.29) is 5.56 Å². The molecule has 1 aromatic carbocycles. The van der Waals surface area contributed by atoms with Crippen LogP contribution in [-0.4, -0.2) is 39.6 Å². The van der Waals surface area contributed by atoms with Gasteiger partial charge < -0.3 is 10.5 Å². The van der Waals surface area contributed by atoms with Gasteiger partial charge in [-0.2, -0.15) is 0 Å². The number of urea groups is 1. The molecule has 162 valence electrons. The number of fused-ring (bicyclic) bond motifs is 3. The normalized spacial score (nSPS) is 14.1. The summed E-state index contributed by atoms with van der Waals surface area (Å²) in [6.07, 6.45) is 1.87. The Bertz CT molecular complexity index is 1220. The fourth-order valence-corrected chi connectivity index (χ4v) is 6.80. The Morgan fingerprint density at radius 2 is 2.06 bits per heavy atom. The van der Waals surface area contributed by atoms with Crippen LogP contribution in [0.5, 0.6) is 5.75 Å². The van der Waals surface area contributed by atoms with E-state index < -0.39 is 17.2 Å². The second-order valence-electron chi connectivity index (χ2n) is 6.85. The first-order chi connectivity index (χ1) is 14.9. The van der Waals surface area contributed by atoms with Gasteiger partial charge in [0.25, 0.3) is 5.56 Å². The first-order valence-electron chi connectivity index (χ1n) is 9.51. The molecule has 0 bridgehead atoms. The van der Waals surface area contributed by atoms with Crippen LogP contribution < -0.4 is 21.3 Å². The highest BCUT2D eigenvalue weighted by Gasteiger charge is 2.25. The summed E-state index contributed by atoms with van der Waals surface area (Å²) in [6, 6.07) is 6.17. The summed E-state index contributed by atoms with van der Waals surface area (Å²) in [5.74, 6) is 1.14. The van der Waals surface area contributed by atoms with E-state index in [0.29, 0.717) is 26.8 Å². The summed E-state index contributed by atoms with van der Waals surface area (Å²) < 4.78 is 7.88. The lowest BCUT2D eigenvalue weighted by atomic mass is 10.1. The summed E-state index contributed by atoms with van der Waals surface area (Å²) in [5.41, 5.74) is 6.58. The molecule has 0 saturated carbocycles. The van der Waals surface area contributed by atoms with Crippen LogP contribution in [0.3, 0.4) is 0 Å². The number of amides is 3. The van der Waals surface area contributed by atoms with Crippen molar-refractivity contribution in [2.24, 2.45) is 5.73 Å². The SMILES string of the molecule is COc1ccc(-n2c(SC(C)C(=O)NC(N)=O)nc3sc4c(c3c2=O)CCCS4)cc1. The van der Waals surface area contributed by atoms with Crippen molar-refractivity contribution in [1.29, 1.82) is 0 Å². The van der Waals surface area contributed by atoms with Crippen LogP contribution in [-0.2, 0) is 11.2 Å². The first kappa shape index (κ1) is 21.7. The van der Waals surface area contributed by atoms with Gasteiger partial charge in [0.2, 0.25) is 5.91 Å². The number of nitrogens with one attached hydrogen (secondary N) is 1. The van der Waals surface area contributed by atoms with E-state index in [1.807, 2.05) is 0 Å². The number of carbonyl (C=O) groups is 2. The van der Waals surface area contributed by atoms with Gasteiger partial charge in [-0.25, -0.2) is 9.78 Å². The zero-order valence-electron chi connectivity index (χ0n) is 16.8. The van der Waals surface area contributed by atoms with E-state index >= 15 is 0 Å². The number of benzene rings is 1. The smallest absolute Gasteiger partial charge is 0.318 e. The molecular weight excluding hydrogens is 456 g/mol. The van der Waals surface area contributed by atoms with Gasteiger partial charge in [-0.15, -0.1) is 23.1 Å². The molecule has 3 heterocycles. The fourth-order valence-electron chi connectivity index (χ4n) is 3.30. The number of imide groups is 1. The minimum atomic E-state index is -0.920. The number of thiophene rings is 1. The number of thioether (sulfide) groups is 2. The number of methoxy groups -OCH3 is 1. The number of rotatable bonds is 5. The number of aryl methyl sites for hydroxylation is 1. The lowest BCUT2D eigenvalue weighted by molar-refractivity contribution is -0.119. The zero-order valence-corrected chi connectivity index (χ0v) is 19.3. The highest BCUT2D eigenvalue weighted by Crippen LogP contribution is 2.41.